The van der Waals surface area contributed by atoms with Crippen LogP contribution in [0.4, 0.5) is 0 Å². The van der Waals surface area contributed by atoms with Gasteiger partial charge in [-0.25, -0.2) is 0 Å². The zero-order valence-corrected chi connectivity index (χ0v) is 31.6. The van der Waals surface area contributed by atoms with Crippen LogP contribution in [-0.4, -0.2) is 0 Å². The summed E-state index contributed by atoms with van der Waals surface area (Å²) in [6.07, 6.45) is 10.2. The average Bonchev–Trinajstić information content (AvgIpc) is 4.10. The van der Waals surface area contributed by atoms with Crippen molar-refractivity contribution in [2.45, 2.75) is 19.3 Å². The van der Waals surface area contributed by atoms with E-state index in [2.05, 4.69) is 194 Å². The van der Waals surface area contributed by atoms with E-state index in [4.69, 9.17) is 0 Å². The molecule has 57 heavy (non-hydrogen) atoms. The summed E-state index contributed by atoms with van der Waals surface area (Å²) >= 11 is 0. The molecule has 0 spiro atoms. The number of hydrogen-bond donors (Lipinski definition) is 0. The first-order chi connectivity index (χ1) is 28.3. The molecule has 5 aliphatic rings. The fraction of sp³-hybridized carbons (Fsp3) is 0.0526. The summed E-state index contributed by atoms with van der Waals surface area (Å²) in [6, 6.07) is 65.3. The normalized spacial score (nSPS) is 16.0. The maximum absolute atomic E-state index is 2.54. The lowest BCUT2D eigenvalue weighted by atomic mass is 9.83. The van der Waals surface area contributed by atoms with Crippen molar-refractivity contribution in [1.29, 1.82) is 0 Å². The van der Waals surface area contributed by atoms with Crippen molar-refractivity contribution in [2.24, 2.45) is 0 Å². The van der Waals surface area contributed by atoms with Gasteiger partial charge >= 0.3 is 0 Å². The first kappa shape index (κ1) is 32.2. The second-order valence-electron chi connectivity index (χ2n) is 15.9. The van der Waals surface area contributed by atoms with Crippen molar-refractivity contribution in [2.75, 3.05) is 0 Å². The SMILES string of the molecule is C1=C(C2=C(C3=Cc4ccccc4C3)C(c3ccccc3)=C3C2=C(C2=Cc4ccccc4C2)c2cc(-c4ccccc4)c(-c4ccccc4)cc23)Cc2ccccc21. The molecule has 0 amide bonds. The molecule has 0 bridgehead atoms. The summed E-state index contributed by atoms with van der Waals surface area (Å²) in [4.78, 5) is 0. The summed E-state index contributed by atoms with van der Waals surface area (Å²) in [7, 11) is 0. The zero-order valence-electron chi connectivity index (χ0n) is 31.6. The quantitative estimate of drug-likeness (QED) is 0.160. The molecule has 0 aliphatic heterocycles. The molecule has 0 saturated carbocycles. The monoisotopic (exact) mass is 722 g/mol. The Kier molecular flexibility index (Phi) is 7.22. The molecule has 0 aromatic heterocycles. The van der Waals surface area contributed by atoms with Gasteiger partial charge in [-0.1, -0.05) is 182 Å². The molecule has 0 heteroatoms. The third-order valence-electron chi connectivity index (χ3n) is 12.7. The fourth-order valence-electron chi connectivity index (χ4n) is 10.2. The fourth-order valence-corrected chi connectivity index (χ4v) is 10.2. The van der Waals surface area contributed by atoms with Crippen LogP contribution < -0.4 is 0 Å². The number of fused-ring (bicyclic) bond motifs is 6. The highest BCUT2D eigenvalue weighted by molar-refractivity contribution is 6.24. The predicted molar refractivity (Wildman–Crippen MR) is 239 cm³/mol. The molecule has 7 aromatic carbocycles. The van der Waals surface area contributed by atoms with Gasteiger partial charge in [-0.3, -0.25) is 0 Å². The van der Waals surface area contributed by atoms with E-state index >= 15 is 0 Å². The zero-order chi connectivity index (χ0) is 37.5. The molecular formula is C57H38. The van der Waals surface area contributed by atoms with Gasteiger partial charge in [0.1, 0.15) is 0 Å². The molecule has 0 N–H and O–H groups in total. The summed E-state index contributed by atoms with van der Waals surface area (Å²) in [5.74, 6) is 0. The van der Waals surface area contributed by atoms with E-state index in [-0.39, 0.29) is 0 Å². The molecular weight excluding hydrogens is 685 g/mol. The van der Waals surface area contributed by atoms with Gasteiger partial charge in [-0.15, -0.1) is 0 Å². The summed E-state index contributed by atoms with van der Waals surface area (Å²) in [5.41, 5.74) is 29.7. The van der Waals surface area contributed by atoms with E-state index < -0.39 is 0 Å². The van der Waals surface area contributed by atoms with Crippen molar-refractivity contribution < 1.29 is 0 Å². The minimum Gasteiger partial charge on any atom is -0.0622 e. The van der Waals surface area contributed by atoms with Gasteiger partial charge in [0.15, 0.2) is 0 Å². The Bertz CT molecular complexity index is 3030. The molecule has 12 rings (SSSR count). The summed E-state index contributed by atoms with van der Waals surface area (Å²) in [5, 5.41) is 0. The standard InChI is InChI=1S/C57H38/c1-4-16-36(17-5-1)48-34-50-51(35-49(48)37-18-6-2-7-19-37)56-53(38-20-8-3-9-21-38)54(46-30-41-24-12-13-25-42(41)31-46)55(47-32-43-26-14-15-27-44(43)33-47)57(56)52(50)45-28-39-22-10-11-23-40(39)29-45/h1-28,30,32,34-35H,29,31,33H2. The van der Waals surface area contributed by atoms with Crippen LogP contribution in [0.2, 0.25) is 0 Å². The molecule has 266 valence electrons. The van der Waals surface area contributed by atoms with E-state index in [0.717, 1.165) is 19.3 Å². The van der Waals surface area contributed by atoms with Crippen molar-refractivity contribution >= 4 is 34.9 Å². The molecule has 0 atom stereocenters. The first-order valence-corrected chi connectivity index (χ1v) is 20.2. The third-order valence-corrected chi connectivity index (χ3v) is 12.7. The van der Waals surface area contributed by atoms with Crippen LogP contribution in [0.3, 0.4) is 0 Å². The lowest BCUT2D eigenvalue weighted by molar-refractivity contribution is 1.17. The van der Waals surface area contributed by atoms with Crippen LogP contribution in [0.25, 0.3) is 57.2 Å². The highest BCUT2D eigenvalue weighted by atomic mass is 14.5. The number of hydrogen-bond acceptors (Lipinski definition) is 0. The molecule has 0 nitrogen and oxygen atoms in total. The van der Waals surface area contributed by atoms with Crippen LogP contribution in [0.15, 0.2) is 209 Å². The molecule has 0 saturated heterocycles. The minimum absolute atomic E-state index is 0.916. The van der Waals surface area contributed by atoms with Crippen LogP contribution in [0, 0.1) is 0 Å². The molecule has 0 heterocycles. The lowest BCUT2D eigenvalue weighted by Gasteiger charge is -2.20. The maximum atomic E-state index is 2.54. The molecule has 5 aliphatic carbocycles. The van der Waals surface area contributed by atoms with E-state index in [1.165, 1.54) is 122 Å². The Labute approximate surface area is 334 Å². The lowest BCUT2D eigenvalue weighted by Crippen LogP contribution is -2.02. The summed E-state index contributed by atoms with van der Waals surface area (Å²) < 4.78 is 0. The van der Waals surface area contributed by atoms with Crippen LogP contribution in [-0.2, 0) is 19.3 Å². The third kappa shape index (κ3) is 5.07. The van der Waals surface area contributed by atoms with Crippen LogP contribution >= 0.6 is 0 Å². The second-order valence-corrected chi connectivity index (χ2v) is 15.9. The molecule has 7 aromatic rings. The Morgan fingerprint density at radius 1 is 0.246 bits per heavy atom. The molecule has 0 unspecified atom stereocenters. The van der Waals surface area contributed by atoms with Crippen molar-refractivity contribution in [3.8, 4) is 22.3 Å². The maximum Gasteiger partial charge on any atom is -0.000731 e. The van der Waals surface area contributed by atoms with Gasteiger partial charge in [0, 0.05) is 0 Å². The van der Waals surface area contributed by atoms with Crippen molar-refractivity contribution in [3.63, 3.8) is 0 Å². The van der Waals surface area contributed by atoms with Crippen molar-refractivity contribution in [3.05, 3.63) is 259 Å². The number of benzene rings is 7. The molecule has 0 fully saturated rings. The topological polar surface area (TPSA) is 0 Å². The highest BCUT2D eigenvalue weighted by Crippen LogP contribution is 2.62. The predicted octanol–water partition coefficient (Wildman–Crippen LogP) is 13.9. The van der Waals surface area contributed by atoms with E-state index in [0.29, 0.717) is 0 Å². The van der Waals surface area contributed by atoms with Gasteiger partial charge in [-0.2, -0.15) is 0 Å². The Morgan fingerprint density at radius 3 is 1.04 bits per heavy atom. The minimum atomic E-state index is 0.916. The largest absolute Gasteiger partial charge is 0.0622 e. The number of rotatable bonds is 6. The Morgan fingerprint density at radius 2 is 0.596 bits per heavy atom. The van der Waals surface area contributed by atoms with Crippen LogP contribution in [0.1, 0.15) is 50.1 Å². The number of allylic oxidation sites excluding steroid dienone is 9. The molecule has 0 radical (unpaired) electrons. The van der Waals surface area contributed by atoms with Gasteiger partial charge in [0.2, 0.25) is 0 Å². The van der Waals surface area contributed by atoms with Crippen molar-refractivity contribution in [1.82, 2.24) is 0 Å². The van der Waals surface area contributed by atoms with E-state index in [9.17, 15) is 0 Å². The Hall–Kier alpha value is -7.02. The smallest absolute Gasteiger partial charge is 0.000731 e. The van der Waals surface area contributed by atoms with Gasteiger partial charge in [-0.05, 0) is 154 Å². The Balaban J connectivity index is 1.22. The average molecular weight is 723 g/mol. The van der Waals surface area contributed by atoms with Gasteiger partial charge < -0.3 is 0 Å². The van der Waals surface area contributed by atoms with Gasteiger partial charge in [0.25, 0.3) is 0 Å². The highest BCUT2D eigenvalue weighted by Gasteiger charge is 2.43. The van der Waals surface area contributed by atoms with E-state index in [1.54, 1.807) is 0 Å². The first-order valence-electron chi connectivity index (χ1n) is 20.2. The second kappa shape index (κ2) is 12.8. The summed E-state index contributed by atoms with van der Waals surface area (Å²) in [6.45, 7) is 0. The van der Waals surface area contributed by atoms with Crippen LogP contribution in [0.5, 0.6) is 0 Å². The van der Waals surface area contributed by atoms with Gasteiger partial charge in [0.05, 0.1) is 0 Å². The van der Waals surface area contributed by atoms with E-state index in [1.807, 2.05) is 0 Å².